The van der Waals surface area contributed by atoms with E-state index in [9.17, 15) is 13.2 Å². The number of halogens is 4. The Morgan fingerprint density at radius 2 is 2.06 bits per heavy atom. The number of alkyl halides is 3. The van der Waals surface area contributed by atoms with Crippen molar-refractivity contribution in [1.82, 2.24) is 9.38 Å². The van der Waals surface area contributed by atoms with E-state index in [1.54, 1.807) is 6.92 Å². The number of hydrogen-bond acceptors (Lipinski definition) is 2. The highest BCUT2D eigenvalue weighted by Gasteiger charge is 2.34. The van der Waals surface area contributed by atoms with Crippen LogP contribution in [0.1, 0.15) is 11.3 Å². The summed E-state index contributed by atoms with van der Waals surface area (Å²) < 4.78 is 39.7. The van der Waals surface area contributed by atoms with Crippen LogP contribution in [0, 0.1) is 6.92 Å². The summed E-state index contributed by atoms with van der Waals surface area (Å²) in [4.78, 5) is 3.82. The van der Waals surface area contributed by atoms with Gasteiger partial charge in [-0.3, -0.25) is 4.40 Å². The lowest BCUT2D eigenvalue weighted by atomic mass is 10.2. The number of nitrogens with zero attached hydrogens (tertiary/aromatic N) is 2. The second-order valence-electron chi connectivity index (χ2n) is 3.35. The normalized spacial score (nSPS) is 12.3. The van der Waals surface area contributed by atoms with Crippen LogP contribution in [-0.2, 0) is 6.18 Å². The third-order valence-corrected chi connectivity index (χ3v) is 2.65. The highest BCUT2D eigenvalue weighted by atomic mass is 79.9. The van der Waals surface area contributed by atoms with Crippen LogP contribution in [0.3, 0.4) is 0 Å². The SMILES string of the molecule is Cc1nc2c(C(F)(F)F)cc(Br)cn2c1N. The molecule has 0 aliphatic rings. The van der Waals surface area contributed by atoms with Gasteiger partial charge in [-0.25, -0.2) is 4.98 Å². The van der Waals surface area contributed by atoms with Crippen molar-refractivity contribution in [3.05, 3.63) is 28.0 Å². The molecule has 7 heteroatoms. The Labute approximate surface area is 97.2 Å². The highest BCUT2D eigenvalue weighted by Crippen LogP contribution is 2.35. The molecule has 0 saturated heterocycles. The third kappa shape index (κ3) is 1.64. The average molecular weight is 294 g/mol. The lowest BCUT2D eigenvalue weighted by molar-refractivity contribution is -0.136. The van der Waals surface area contributed by atoms with Crippen LogP contribution in [0.2, 0.25) is 0 Å². The van der Waals surface area contributed by atoms with Gasteiger partial charge in [-0.05, 0) is 28.9 Å². The molecule has 0 bridgehead atoms. The van der Waals surface area contributed by atoms with Crippen molar-refractivity contribution in [2.24, 2.45) is 0 Å². The molecule has 0 aromatic carbocycles. The molecular weight excluding hydrogens is 287 g/mol. The van der Waals surface area contributed by atoms with Crippen molar-refractivity contribution in [3.8, 4) is 0 Å². The quantitative estimate of drug-likeness (QED) is 0.811. The first kappa shape index (κ1) is 11.3. The van der Waals surface area contributed by atoms with E-state index in [0.29, 0.717) is 10.2 Å². The van der Waals surface area contributed by atoms with Gasteiger partial charge in [0.2, 0.25) is 0 Å². The fourth-order valence-electron chi connectivity index (χ4n) is 1.45. The highest BCUT2D eigenvalue weighted by molar-refractivity contribution is 9.10. The van der Waals surface area contributed by atoms with E-state index in [4.69, 9.17) is 5.73 Å². The molecule has 0 fully saturated rings. The molecule has 2 N–H and O–H groups in total. The molecule has 0 radical (unpaired) electrons. The average Bonchev–Trinajstić information content (AvgIpc) is 2.42. The molecule has 3 nitrogen and oxygen atoms in total. The van der Waals surface area contributed by atoms with Crippen LogP contribution in [0.5, 0.6) is 0 Å². The lowest BCUT2D eigenvalue weighted by Gasteiger charge is -2.08. The number of pyridine rings is 1. The Bertz CT molecular complexity index is 559. The van der Waals surface area contributed by atoms with Gasteiger partial charge in [0.25, 0.3) is 0 Å². The molecule has 0 aliphatic carbocycles. The number of rotatable bonds is 0. The van der Waals surface area contributed by atoms with Gasteiger partial charge in [0.1, 0.15) is 5.82 Å². The molecule has 0 spiro atoms. The van der Waals surface area contributed by atoms with Gasteiger partial charge >= 0.3 is 6.18 Å². The molecule has 2 heterocycles. The smallest absolute Gasteiger partial charge is 0.383 e. The third-order valence-electron chi connectivity index (χ3n) is 2.21. The number of nitrogens with two attached hydrogens (primary N) is 1. The molecule has 0 amide bonds. The Morgan fingerprint density at radius 3 is 2.62 bits per heavy atom. The first-order valence-corrected chi connectivity index (χ1v) is 5.11. The zero-order chi connectivity index (χ0) is 12.1. The van der Waals surface area contributed by atoms with Crippen LogP contribution in [-0.4, -0.2) is 9.38 Å². The predicted molar refractivity (Wildman–Crippen MR) is 57.0 cm³/mol. The van der Waals surface area contributed by atoms with Gasteiger partial charge < -0.3 is 5.73 Å². The summed E-state index contributed by atoms with van der Waals surface area (Å²) in [6, 6.07) is 0.987. The minimum atomic E-state index is -4.45. The van der Waals surface area contributed by atoms with Crippen molar-refractivity contribution in [2.75, 3.05) is 5.73 Å². The van der Waals surface area contributed by atoms with E-state index in [1.807, 2.05) is 0 Å². The summed E-state index contributed by atoms with van der Waals surface area (Å²) >= 11 is 3.01. The number of nitrogen functional groups attached to an aromatic ring is 1. The van der Waals surface area contributed by atoms with Crippen molar-refractivity contribution < 1.29 is 13.2 Å². The minimum absolute atomic E-state index is 0.175. The monoisotopic (exact) mass is 293 g/mol. The van der Waals surface area contributed by atoms with Gasteiger partial charge in [0, 0.05) is 10.7 Å². The second-order valence-corrected chi connectivity index (χ2v) is 4.26. The first-order valence-electron chi connectivity index (χ1n) is 4.31. The summed E-state index contributed by atoms with van der Waals surface area (Å²) in [5.41, 5.74) is 5.03. The molecule has 16 heavy (non-hydrogen) atoms. The fraction of sp³-hybridized carbons (Fsp3) is 0.222. The number of fused-ring (bicyclic) bond motifs is 1. The van der Waals surface area contributed by atoms with Gasteiger partial charge in [-0.2, -0.15) is 13.2 Å². The van der Waals surface area contributed by atoms with E-state index >= 15 is 0 Å². The van der Waals surface area contributed by atoms with Crippen molar-refractivity contribution >= 4 is 27.4 Å². The zero-order valence-electron chi connectivity index (χ0n) is 8.14. The number of aromatic nitrogens is 2. The Morgan fingerprint density at radius 1 is 1.44 bits per heavy atom. The van der Waals surface area contributed by atoms with E-state index < -0.39 is 11.7 Å². The van der Waals surface area contributed by atoms with E-state index in [-0.39, 0.29) is 11.5 Å². The van der Waals surface area contributed by atoms with Gasteiger partial charge in [-0.15, -0.1) is 0 Å². The van der Waals surface area contributed by atoms with Crippen molar-refractivity contribution in [3.63, 3.8) is 0 Å². The molecule has 0 aliphatic heterocycles. The molecule has 0 saturated carbocycles. The maximum Gasteiger partial charge on any atom is 0.420 e. The van der Waals surface area contributed by atoms with Gasteiger partial charge in [0.05, 0.1) is 11.3 Å². The number of anilines is 1. The van der Waals surface area contributed by atoms with Crippen LogP contribution >= 0.6 is 15.9 Å². The fourth-order valence-corrected chi connectivity index (χ4v) is 1.88. The summed E-state index contributed by atoms with van der Waals surface area (Å²) in [5, 5.41) is 0. The molecular formula is C9H7BrF3N3. The molecule has 2 rings (SSSR count). The van der Waals surface area contributed by atoms with Gasteiger partial charge in [-0.1, -0.05) is 0 Å². The largest absolute Gasteiger partial charge is 0.420 e. The van der Waals surface area contributed by atoms with E-state index in [2.05, 4.69) is 20.9 Å². The standard InChI is InChI=1S/C9H7BrF3N3/c1-4-7(14)16-3-5(10)2-6(8(16)15-4)9(11,12)13/h2-3H,14H2,1H3. The summed E-state index contributed by atoms with van der Waals surface area (Å²) in [6.07, 6.45) is -2.99. The molecule has 0 atom stereocenters. The van der Waals surface area contributed by atoms with Gasteiger partial charge in [0.15, 0.2) is 5.65 Å². The maximum absolute atomic E-state index is 12.7. The Balaban J connectivity index is 2.89. The van der Waals surface area contributed by atoms with E-state index in [1.165, 1.54) is 10.6 Å². The molecule has 86 valence electrons. The van der Waals surface area contributed by atoms with Crippen molar-refractivity contribution in [2.45, 2.75) is 13.1 Å². The Hall–Kier alpha value is -1.24. The number of hydrogen-bond donors (Lipinski definition) is 1. The second kappa shape index (κ2) is 3.38. The minimum Gasteiger partial charge on any atom is -0.383 e. The van der Waals surface area contributed by atoms with Crippen LogP contribution in [0.4, 0.5) is 19.0 Å². The molecule has 0 unspecified atom stereocenters. The molecule has 2 aromatic heterocycles. The lowest BCUT2D eigenvalue weighted by Crippen LogP contribution is -2.08. The topological polar surface area (TPSA) is 43.3 Å². The first-order chi connectivity index (χ1) is 7.30. The van der Waals surface area contributed by atoms with Crippen molar-refractivity contribution in [1.29, 1.82) is 0 Å². The van der Waals surface area contributed by atoms with Crippen LogP contribution < -0.4 is 5.73 Å². The van der Waals surface area contributed by atoms with Crippen LogP contribution in [0.25, 0.3) is 5.65 Å². The molecule has 2 aromatic rings. The number of imidazole rings is 1. The predicted octanol–water partition coefficient (Wildman–Crippen LogP) is 3.01. The summed E-state index contributed by atoms with van der Waals surface area (Å²) in [5.74, 6) is 0.210. The van der Waals surface area contributed by atoms with Crippen LogP contribution in [0.15, 0.2) is 16.7 Å². The number of aryl methyl sites for hydroxylation is 1. The Kier molecular flexibility index (Phi) is 2.37. The zero-order valence-corrected chi connectivity index (χ0v) is 9.72. The van der Waals surface area contributed by atoms with E-state index in [0.717, 1.165) is 6.07 Å². The summed E-state index contributed by atoms with van der Waals surface area (Å²) in [6.45, 7) is 1.57. The summed E-state index contributed by atoms with van der Waals surface area (Å²) in [7, 11) is 0. The maximum atomic E-state index is 12.7.